The Morgan fingerprint density at radius 2 is 1.33 bits per heavy atom. The Morgan fingerprint density at radius 1 is 1.08 bits per heavy atom. The molecule has 0 heterocycles. The van der Waals surface area contributed by atoms with Crippen molar-refractivity contribution in [1.29, 1.82) is 0 Å². The molecule has 0 atom stereocenters. The van der Waals surface area contributed by atoms with Crippen LogP contribution in [0.1, 0.15) is 13.8 Å². The van der Waals surface area contributed by atoms with Crippen LogP contribution in [0, 0.1) is 0 Å². The van der Waals surface area contributed by atoms with Crippen molar-refractivity contribution < 1.29 is 25.0 Å². The Kier molecular flexibility index (Phi) is 8.92. The normalized spacial score (nSPS) is 8.67. The van der Waals surface area contributed by atoms with E-state index in [0.29, 0.717) is 0 Å². The number of hydroxylamine groups is 2. The van der Waals surface area contributed by atoms with Gasteiger partial charge in [-0.3, -0.25) is 0 Å². The number of rotatable bonds is 2. The third-order valence-electron chi connectivity index (χ3n) is 0.913. The molecule has 0 aliphatic rings. The summed E-state index contributed by atoms with van der Waals surface area (Å²) < 4.78 is 0. The molecule has 72 valence electrons. The number of hydrogen-bond donors (Lipinski definition) is 3. The Hall–Kier alpha value is -1.14. The standard InChI is InChI=1S/C4H11NO.C2H2O4/c1-3-5(6)4-2;3-1(4)2(5)6/h6H,3-4H2,1-2H3;(H,3,4)(H,5,6). The molecule has 0 fully saturated rings. The fourth-order valence-electron chi connectivity index (χ4n) is 0.224. The lowest BCUT2D eigenvalue weighted by atomic mass is 10.6. The number of hydrogen-bond acceptors (Lipinski definition) is 4. The molecule has 0 amide bonds. The monoisotopic (exact) mass is 179 g/mol. The first-order chi connectivity index (χ1) is 5.45. The number of carbonyl (C=O) groups is 2. The highest BCUT2D eigenvalue weighted by Crippen LogP contribution is 1.73. The maximum Gasteiger partial charge on any atom is 0.414 e. The van der Waals surface area contributed by atoms with Crippen LogP contribution in [0.25, 0.3) is 0 Å². The number of carboxylic acid groups (broad SMARTS) is 2. The van der Waals surface area contributed by atoms with Gasteiger partial charge in [-0.2, -0.15) is 5.06 Å². The van der Waals surface area contributed by atoms with Crippen LogP contribution < -0.4 is 0 Å². The van der Waals surface area contributed by atoms with E-state index in [1.807, 2.05) is 13.8 Å². The molecule has 0 aliphatic carbocycles. The Labute approximate surface area is 70.0 Å². The van der Waals surface area contributed by atoms with E-state index in [2.05, 4.69) is 0 Å². The van der Waals surface area contributed by atoms with Crippen molar-refractivity contribution in [1.82, 2.24) is 5.06 Å². The van der Waals surface area contributed by atoms with E-state index >= 15 is 0 Å². The molecule has 0 rings (SSSR count). The van der Waals surface area contributed by atoms with E-state index in [1.54, 1.807) is 0 Å². The van der Waals surface area contributed by atoms with Crippen molar-refractivity contribution >= 4 is 11.9 Å². The molecule has 0 saturated heterocycles. The van der Waals surface area contributed by atoms with Gasteiger partial charge in [0.2, 0.25) is 0 Å². The van der Waals surface area contributed by atoms with Gasteiger partial charge in [-0.15, -0.1) is 0 Å². The molecule has 0 bridgehead atoms. The predicted molar refractivity (Wildman–Crippen MR) is 40.0 cm³/mol. The molecule has 0 aromatic carbocycles. The summed E-state index contributed by atoms with van der Waals surface area (Å²) in [4.78, 5) is 18.2. The third-order valence-corrected chi connectivity index (χ3v) is 0.913. The van der Waals surface area contributed by atoms with E-state index in [-0.39, 0.29) is 0 Å². The second-order valence-electron chi connectivity index (χ2n) is 1.75. The minimum absolute atomic E-state index is 0.719. The Morgan fingerprint density at radius 3 is 1.33 bits per heavy atom. The molecule has 0 unspecified atom stereocenters. The van der Waals surface area contributed by atoms with Crippen LogP contribution in [0.15, 0.2) is 0 Å². The molecule has 12 heavy (non-hydrogen) atoms. The molecule has 0 saturated carbocycles. The molecule has 0 aromatic rings. The van der Waals surface area contributed by atoms with Crippen LogP contribution >= 0.6 is 0 Å². The van der Waals surface area contributed by atoms with E-state index in [1.165, 1.54) is 5.06 Å². The van der Waals surface area contributed by atoms with Crippen LogP contribution in [0.2, 0.25) is 0 Å². The van der Waals surface area contributed by atoms with Gasteiger partial charge in [0, 0.05) is 13.1 Å². The topological polar surface area (TPSA) is 98.1 Å². The SMILES string of the molecule is CCN(O)CC.O=C(O)C(=O)O. The second kappa shape index (κ2) is 7.96. The van der Waals surface area contributed by atoms with Gasteiger partial charge in [-0.1, -0.05) is 13.8 Å². The molecule has 0 aromatic heterocycles. The maximum atomic E-state index is 9.10. The Bertz CT molecular complexity index is 131. The van der Waals surface area contributed by atoms with Crippen molar-refractivity contribution in [3.05, 3.63) is 0 Å². The zero-order chi connectivity index (χ0) is 10.1. The number of nitrogens with zero attached hydrogens (tertiary/aromatic N) is 1. The van der Waals surface area contributed by atoms with E-state index in [9.17, 15) is 0 Å². The summed E-state index contributed by atoms with van der Waals surface area (Å²) in [5, 5.41) is 24.5. The van der Waals surface area contributed by atoms with Gasteiger partial charge in [0.05, 0.1) is 0 Å². The predicted octanol–water partition coefficient (Wildman–Crippen LogP) is -0.127. The Balaban J connectivity index is 0. The highest BCUT2D eigenvalue weighted by Gasteiger charge is 2.04. The molecule has 6 nitrogen and oxygen atoms in total. The van der Waals surface area contributed by atoms with Gasteiger partial charge in [-0.25, -0.2) is 9.59 Å². The molecule has 6 heteroatoms. The van der Waals surface area contributed by atoms with Crippen LogP contribution in [-0.2, 0) is 9.59 Å². The van der Waals surface area contributed by atoms with Gasteiger partial charge in [0.15, 0.2) is 0 Å². The van der Waals surface area contributed by atoms with Crippen molar-refractivity contribution in [2.45, 2.75) is 13.8 Å². The summed E-state index contributed by atoms with van der Waals surface area (Å²) in [5.41, 5.74) is 0. The van der Waals surface area contributed by atoms with Crippen molar-refractivity contribution in [2.75, 3.05) is 13.1 Å². The van der Waals surface area contributed by atoms with Crippen LogP contribution in [0.4, 0.5) is 0 Å². The fraction of sp³-hybridized carbons (Fsp3) is 0.667. The molecule has 0 aliphatic heterocycles. The summed E-state index contributed by atoms with van der Waals surface area (Å²) in [7, 11) is 0. The average Bonchev–Trinajstić information content (AvgIpc) is 2.04. The summed E-state index contributed by atoms with van der Waals surface area (Å²) in [5.74, 6) is -3.65. The first-order valence-corrected chi connectivity index (χ1v) is 3.35. The fourth-order valence-corrected chi connectivity index (χ4v) is 0.224. The third kappa shape index (κ3) is 11.6. The largest absolute Gasteiger partial charge is 0.473 e. The average molecular weight is 179 g/mol. The van der Waals surface area contributed by atoms with E-state index < -0.39 is 11.9 Å². The zero-order valence-corrected chi connectivity index (χ0v) is 7.02. The molecule has 3 N–H and O–H groups in total. The lowest BCUT2D eigenvalue weighted by molar-refractivity contribution is -0.159. The lowest BCUT2D eigenvalue weighted by Crippen LogP contribution is -2.16. The van der Waals surface area contributed by atoms with E-state index in [4.69, 9.17) is 25.0 Å². The van der Waals surface area contributed by atoms with Gasteiger partial charge < -0.3 is 15.4 Å². The first-order valence-electron chi connectivity index (χ1n) is 3.35. The minimum atomic E-state index is -1.82. The smallest absolute Gasteiger partial charge is 0.414 e. The zero-order valence-electron chi connectivity index (χ0n) is 7.02. The van der Waals surface area contributed by atoms with Gasteiger partial charge in [-0.05, 0) is 0 Å². The molecule has 0 radical (unpaired) electrons. The highest BCUT2D eigenvalue weighted by atomic mass is 16.5. The molecular weight excluding hydrogens is 166 g/mol. The summed E-state index contributed by atoms with van der Waals surface area (Å²) in [6.45, 7) is 5.25. The maximum absolute atomic E-state index is 9.10. The molecule has 0 spiro atoms. The first kappa shape index (κ1) is 13.4. The van der Waals surface area contributed by atoms with Crippen LogP contribution in [0.3, 0.4) is 0 Å². The second-order valence-corrected chi connectivity index (χ2v) is 1.75. The quantitative estimate of drug-likeness (QED) is 0.403. The van der Waals surface area contributed by atoms with Crippen molar-refractivity contribution in [3.8, 4) is 0 Å². The molecular formula is C6H13NO5. The summed E-state index contributed by atoms with van der Waals surface area (Å²) >= 11 is 0. The van der Waals surface area contributed by atoms with Crippen LogP contribution in [-0.4, -0.2) is 45.5 Å². The lowest BCUT2D eigenvalue weighted by Gasteiger charge is -2.05. The van der Waals surface area contributed by atoms with Gasteiger partial charge in [0.25, 0.3) is 0 Å². The number of aliphatic carboxylic acids is 2. The van der Waals surface area contributed by atoms with Crippen molar-refractivity contribution in [2.24, 2.45) is 0 Å². The van der Waals surface area contributed by atoms with Gasteiger partial charge >= 0.3 is 11.9 Å². The number of carboxylic acids is 2. The summed E-state index contributed by atoms with van der Waals surface area (Å²) in [6, 6.07) is 0. The van der Waals surface area contributed by atoms with E-state index in [0.717, 1.165) is 13.1 Å². The van der Waals surface area contributed by atoms with Crippen molar-refractivity contribution in [3.63, 3.8) is 0 Å². The van der Waals surface area contributed by atoms with Gasteiger partial charge in [0.1, 0.15) is 0 Å². The summed E-state index contributed by atoms with van der Waals surface area (Å²) in [6.07, 6.45) is 0. The highest BCUT2D eigenvalue weighted by molar-refractivity contribution is 6.27. The van der Waals surface area contributed by atoms with Crippen LogP contribution in [0.5, 0.6) is 0 Å². The minimum Gasteiger partial charge on any atom is -0.473 e.